The van der Waals surface area contributed by atoms with E-state index in [4.69, 9.17) is 0 Å². The third-order valence-corrected chi connectivity index (χ3v) is 2.88. The SMILES string of the molecule is OC1CCN2Cc3ccccc3N=C12.[Cl-]. The van der Waals surface area contributed by atoms with E-state index in [0.717, 1.165) is 31.0 Å². The second-order valence-corrected chi connectivity index (χ2v) is 3.82. The highest BCUT2D eigenvalue weighted by Crippen LogP contribution is 2.29. The lowest BCUT2D eigenvalue weighted by Crippen LogP contribution is -3.00. The number of nitrogens with zero attached hydrogens (tertiary/aromatic N) is 2. The predicted octanol–water partition coefficient (Wildman–Crippen LogP) is -1.70. The molecule has 0 radical (unpaired) electrons. The van der Waals surface area contributed by atoms with Gasteiger partial charge in [-0.2, -0.15) is 0 Å². The Morgan fingerprint density at radius 3 is 3.00 bits per heavy atom. The van der Waals surface area contributed by atoms with Crippen molar-refractivity contribution in [3.63, 3.8) is 0 Å². The largest absolute Gasteiger partial charge is 1.00 e. The zero-order valence-corrected chi connectivity index (χ0v) is 8.98. The zero-order valence-electron chi connectivity index (χ0n) is 8.23. The highest BCUT2D eigenvalue weighted by Gasteiger charge is 2.30. The topological polar surface area (TPSA) is 35.8 Å². The molecule has 1 aromatic rings. The van der Waals surface area contributed by atoms with Crippen LogP contribution in [-0.4, -0.2) is 28.5 Å². The molecule has 0 aromatic heterocycles. The number of fused-ring (bicyclic) bond motifs is 2. The van der Waals surface area contributed by atoms with Crippen molar-refractivity contribution in [3.05, 3.63) is 29.8 Å². The summed E-state index contributed by atoms with van der Waals surface area (Å²) in [6, 6.07) is 8.12. The Balaban J connectivity index is 0.000000853. The summed E-state index contributed by atoms with van der Waals surface area (Å²) in [4.78, 5) is 6.64. The molecule has 3 nitrogen and oxygen atoms in total. The molecule has 0 amide bonds. The van der Waals surface area contributed by atoms with E-state index in [0.29, 0.717) is 0 Å². The molecule has 1 saturated heterocycles. The summed E-state index contributed by atoms with van der Waals surface area (Å²) in [5.74, 6) is 0.851. The van der Waals surface area contributed by atoms with Gasteiger partial charge < -0.3 is 22.4 Å². The van der Waals surface area contributed by atoms with E-state index in [1.807, 2.05) is 18.2 Å². The minimum atomic E-state index is -0.358. The first kappa shape index (κ1) is 10.5. The Hall–Kier alpha value is -1.06. The molecule has 1 aromatic carbocycles. The highest BCUT2D eigenvalue weighted by molar-refractivity contribution is 5.92. The first-order valence-corrected chi connectivity index (χ1v) is 4.94. The maximum absolute atomic E-state index is 9.68. The fourth-order valence-electron chi connectivity index (χ4n) is 2.12. The third-order valence-electron chi connectivity index (χ3n) is 2.88. The number of benzene rings is 1. The molecule has 80 valence electrons. The van der Waals surface area contributed by atoms with E-state index >= 15 is 0 Å². The molecule has 4 heteroatoms. The Morgan fingerprint density at radius 1 is 1.33 bits per heavy atom. The van der Waals surface area contributed by atoms with Crippen molar-refractivity contribution in [2.75, 3.05) is 6.54 Å². The summed E-state index contributed by atoms with van der Waals surface area (Å²) >= 11 is 0. The van der Waals surface area contributed by atoms with Gasteiger partial charge >= 0.3 is 0 Å². The first-order chi connectivity index (χ1) is 6.84. The number of amidine groups is 1. The van der Waals surface area contributed by atoms with Crippen molar-refractivity contribution >= 4 is 11.5 Å². The lowest BCUT2D eigenvalue weighted by atomic mass is 10.1. The van der Waals surface area contributed by atoms with E-state index in [9.17, 15) is 5.11 Å². The van der Waals surface area contributed by atoms with Gasteiger partial charge in [0.25, 0.3) is 0 Å². The van der Waals surface area contributed by atoms with E-state index in [1.165, 1.54) is 5.56 Å². The van der Waals surface area contributed by atoms with Crippen LogP contribution in [0.2, 0.25) is 0 Å². The summed E-state index contributed by atoms with van der Waals surface area (Å²) in [5, 5.41) is 9.68. The van der Waals surface area contributed by atoms with E-state index < -0.39 is 0 Å². The standard InChI is InChI=1S/C11H12N2O.ClH/c14-10-5-6-13-7-8-3-1-2-4-9(8)12-11(10)13;/h1-4,10,14H,5-7H2;1H/p-1. The molecule has 1 N–H and O–H groups in total. The van der Waals surface area contributed by atoms with Crippen LogP contribution in [0.4, 0.5) is 5.69 Å². The minimum absolute atomic E-state index is 0. The lowest BCUT2D eigenvalue weighted by molar-refractivity contribution is -0.00000422. The smallest absolute Gasteiger partial charge is 0.134 e. The minimum Gasteiger partial charge on any atom is -1.00 e. The normalized spacial score (nSPS) is 22.6. The van der Waals surface area contributed by atoms with Crippen LogP contribution in [0.1, 0.15) is 12.0 Å². The van der Waals surface area contributed by atoms with Crippen LogP contribution in [-0.2, 0) is 6.54 Å². The average Bonchev–Trinajstić information content (AvgIpc) is 2.57. The molecule has 0 bridgehead atoms. The first-order valence-electron chi connectivity index (χ1n) is 4.94. The highest BCUT2D eigenvalue weighted by atomic mass is 35.5. The predicted molar refractivity (Wildman–Crippen MR) is 54.6 cm³/mol. The molecule has 1 atom stereocenters. The van der Waals surface area contributed by atoms with Gasteiger partial charge in [-0.15, -0.1) is 0 Å². The second-order valence-electron chi connectivity index (χ2n) is 3.82. The van der Waals surface area contributed by atoms with Crippen molar-refractivity contribution in [2.24, 2.45) is 4.99 Å². The Bertz CT molecular complexity index is 405. The Kier molecular flexibility index (Phi) is 2.67. The maximum Gasteiger partial charge on any atom is 0.134 e. The number of hydrogen-bond acceptors (Lipinski definition) is 3. The monoisotopic (exact) mass is 223 g/mol. The van der Waals surface area contributed by atoms with Gasteiger partial charge in [0.05, 0.1) is 5.69 Å². The van der Waals surface area contributed by atoms with Crippen LogP contribution < -0.4 is 12.4 Å². The number of halogens is 1. The van der Waals surface area contributed by atoms with Gasteiger partial charge in [-0.3, -0.25) is 0 Å². The maximum atomic E-state index is 9.68. The summed E-state index contributed by atoms with van der Waals surface area (Å²) in [6.07, 6.45) is 0.454. The molecular formula is C11H12ClN2O-. The molecular weight excluding hydrogens is 212 g/mol. The van der Waals surface area contributed by atoms with Gasteiger partial charge in [-0.25, -0.2) is 4.99 Å². The van der Waals surface area contributed by atoms with Crippen LogP contribution in [0.25, 0.3) is 0 Å². The Morgan fingerprint density at radius 2 is 2.13 bits per heavy atom. The van der Waals surface area contributed by atoms with Gasteiger partial charge in [0.15, 0.2) is 0 Å². The molecule has 0 spiro atoms. The molecule has 2 heterocycles. The lowest BCUT2D eigenvalue weighted by Gasteiger charge is -2.25. The quantitative estimate of drug-likeness (QED) is 0.569. The van der Waals surface area contributed by atoms with Crippen molar-refractivity contribution in [1.29, 1.82) is 0 Å². The van der Waals surface area contributed by atoms with E-state index in [1.54, 1.807) is 0 Å². The van der Waals surface area contributed by atoms with Crippen molar-refractivity contribution < 1.29 is 17.5 Å². The Labute approximate surface area is 94.8 Å². The number of aliphatic hydroxyl groups is 1. The van der Waals surface area contributed by atoms with Crippen LogP contribution in [0.3, 0.4) is 0 Å². The molecule has 2 aliphatic heterocycles. The van der Waals surface area contributed by atoms with Crippen molar-refractivity contribution in [1.82, 2.24) is 4.90 Å². The molecule has 15 heavy (non-hydrogen) atoms. The second kappa shape index (κ2) is 3.83. The summed E-state index contributed by atoms with van der Waals surface area (Å²) in [7, 11) is 0. The van der Waals surface area contributed by atoms with Gasteiger partial charge in [0.1, 0.15) is 11.9 Å². The third kappa shape index (κ3) is 1.62. The fourth-order valence-corrected chi connectivity index (χ4v) is 2.12. The summed E-state index contributed by atoms with van der Waals surface area (Å²) < 4.78 is 0. The number of hydrogen-bond donors (Lipinski definition) is 1. The average molecular weight is 224 g/mol. The van der Waals surface area contributed by atoms with Crippen LogP contribution in [0.5, 0.6) is 0 Å². The molecule has 0 aliphatic carbocycles. The number of rotatable bonds is 0. The van der Waals surface area contributed by atoms with E-state index in [-0.39, 0.29) is 18.5 Å². The zero-order chi connectivity index (χ0) is 9.54. The van der Waals surface area contributed by atoms with Crippen LogP contribution in [0, 0.1) is 0 Å². The summed E-state index contributed by atoms with van der Waals surface area (Å²) in [5.41, 5.74) is 2.27. The number of aliphatic hydroxyl groups excluding tert-OH is 1. The molecule has 0 saturated carbocycles. The van der Waals surface area contributed by atoms with Crippen molar-refractivity contribution in [2.45, 2.75) is 19.1 Å². The fraction of sp³-hybridized carbons (Fsp3) is 0.364. The van der Waals surface area contributed by atoms with Gasteiger partial charge in [-0.05, 0) is 18.1 Å². The van der Waals surface area contributed by atoms with Crippen LogP contribution in [0.15, 0.2) is 29.3 Å². The van der Waals surface area contributed by atoms with Gasteiger partial charge in [-0.1, -0.05) is 18.2 Å². The number of aliphatic imine (C=N–C) groups is 1. The summed E-state index contributed by atoms with van der Waals surface area (Å²) in [6.45, 7) is 1.82. The molecule has 1 unspecified atom stereocenters. The van der Waals surface area contributed by atoms with Crippen molar-refractivity contribution in [3.8, 4) is 0 Å². The molecule has 1 fully saturated rings. The van der Waals surface area contributed by atoms with Gasteiger partial charge in [0, 0.05) is 13.1 Å². The molecule has 2 aliphatic rings. The molecule has 3 rings (SSSR count). The van der Waals surface area contributed by atoms with Crippen LogP contribution >= 0.6 is 0 Å². The van der Waals surface area contributed by atoms with E-state index in [2.05, 4.69) is 16.0 Å². The number of para-hydroxylation sites is 1. The van der Waals surface area contributed by atoms with Gasteiger partial charge in [0.2, 0.25) is 0 Å².